The van der Waals surface area contributed by atoms with Crippen molar-refractivity contribution in [2.45, 2.75) is 17.1 Å². The van der Waals surface area contributed by atoms with Crippen LogP contribution >= 0.6 is 11.8 Å². The second kappa shape index (κ2) is 14.0. The van der Waals surface area contributed by atoms with Crippen molar-refractivity contribution in [3.8, 4) is 5.75 Å². The Labute approximate surface area is 241 Å². The highest BCUT2D eigenvalue weighted by molar-refractivity contribution is 8.00. The number of hydrogen-bond acceptors (Lipinski definition) is 5. The van der Waals surface area contributed by atoms with Gasteiger partial charge < -0.3 is 20.7 Å². The zero-order chi connectivity index (χ0) is 29.2. The van der Waals surface area contributed by atoms with Crippen LogP contribution in [0.5, 0.6) is 5.75 Å². The quantitative estimate of drug-likeness (QED) is 0.153. The number of halogens is 1. The van der Waals surface area contributed by atoms with E-state index in [0.29, 0.717) is 22.7 Å². The normalized spacial score (nSPS) is 11.7. The number of ether oxygens (including phenoxy) is 1. The van der Waals surface area contributed by atoms with Gasteiger partial charge in [0.15, 0.2) is 0 Å². The van der Waals surface area contributed by atoms with Crippen molar-refractivity contribution in [1.29, 1.82) is 0 Å². The summed E-state index contributed by atoms with van der Waals surface area (Å²) in [4.78, 5) is 39.4. The minimum Gasteiger partial charge on any atom is -0.497 e. The highest BCUT2D eigenvalue weighted by atomic mass is 32.2. The van der Waals surface area contributed by atoms with Gasteiger partial charge in [-0.3, -0.25) is 14.4 Å². The Balaban J connectivity index is 1.43. The van der Waals surface area contributed by atoms with E-state index in [1.807, 2.05) is 0 Å². The second-order valence-electron chi connectivity index (χ2n) is 8.86. The monoisotopic (exact) mass is 569 g/mol. The fraction of sp³-hybridized carbons (Fsp3) is 0.0938. The van der Waals surface area contributed by atoms with E-state index in [0.717, 1.165) is 4.90 Å². The zero-order valence-corrected chi connectivity index (χ0v) is 23.2. The van der Waals surface area contributed by atoms with E-state index in [4.69, 9.17) is 4.74 Å². The van der Waals surface area contributed by atoms with Crippen LogP contribution in [0.15, 0.2) is 114 Å². The summed E-state index contributed by atoms with van der Waals surface area (Å²) in [6.07, 6.45) is 1.29. The first-order chi connectivity index (χ1) is 19.8. The van der Waals surface area contributed by atoms with Gasteiger partial charge in [-0.25, -0.2) is 4.39 Å². The Hall–Kier alpha value is -4.89. The molecule has 4 aromatic rings. The minimum absolute atomic E-state index is 0.120. The van der Waals surface area contributed by atoms with Gasteiger partial charge in [0.05, 0.1) is 12.4 Å². The first-order valence-corrected chi connectivity index (χ1v) is 13.6. The summed E-state index contributed by atoms with van der Waals surface area (Å²) in [5.74, 6) is -1.18. The van der Waals surface area contributed by atoms with Gasteiger partial charge in [0.1, 0.15) is 17.3 Å². The lowest BCUT2D eigenvalue weighted by atomic mass is 10.1. The number of thioether (sulfide) groups is 1. The van der Waals surface area contributed by atoms with Crippen molar-refractivity contribution < 1.29 is 23.5 Å². The van der Waals surface area contributed by atoms with E-state index in [9.17, 15) is 18.8 Å². The fourth-order valence-electron chi connectivity index (χ4n) is 3.71. The van der Waals surface area contributed by atoms with Crippen LogP contribution in [0.25, 0.3) is 6.08 Å². The number of amides is 3. The minimum atomic E-state index is -0.621. The average molecular weight is 570 g/mol. The van der Waals surface area contributed by atoms with Crippen molar-refractivity contribution in [2.24, 2.45) is 0 Å². The average Bonchev–Trinajstić information content (AvgIpc) is 2.99. The molecule has 0 aromatic heterocycles. The van der Waals surface area contributed by atoms with Crippen molar-refractivity contribution >= 4 is 46.9 Å². The van der Waals surface area contributed by atoms with Crippen LogP contribution in [-0.2, 0) is 9.59 Å². The topological polar surface area (TPSA) is 96.5 Å². The molecule has 7 nitrogen and oxygen atoms in total. The van der Waals surface area contributed by atoms with E-state index in [1.54, 1.807) is 99.0 Å². The summed E-state index contributed by atoms with van der Waals surface area (Å²) in [6, 6.07) is 28.4. The summed E-state index contributed by atoms with van der Waals surface area (Å²) >= 11 is 1.36. The number of hydrogen-bond donors (Lipinski definition) is 3. The third-order valence-electron chi connectivity index (χ3n) is 5.87. The van der Waals surface area contributed by atoms with Crippen molar-refractivity contribution in [2.75, 3.05) is 17.7 Å². The summed E-state index contributed by atoms with van der Waals surface area (Å²) in [6.45, 7) is 1.80. The van der Waals surface area contributed by atoms with E-state index < -0.39 is 22.9 Å². The van der Waals surface area contributed by atoms with Crippen molar-refractivity contribution in [3.63, 3.8) is 0 Å². The van der Waals surface area contributed by atoms with Crippen LogP contribution in [-0.4, -0.2) is 30.1 Å². The number of carbonyl (C=O) groups is 3. The van der Waals surface area contributed by atoms with E-state index >= 15 is 0 Å². The largest absolute Gasteiger partial charge is 0.497 e. The predicted molar refractivity (Wildman–Crippen MR) is 160 cm³/mol. The van der Waals surface area contributed by atoms with E-state index in [-0.39, 0.29) is 17.2 Å². The lowest BCUT2D eigenvalue weighted by Gasteiger charge is -2.14. The molecule has 0 saturated carbocycles. The number of benzene rings is 4. The molecule has 0 bridgehead atoms. The Morgan fingerprint density at radius 2 is 1.54 bits per heavy atom. The maximum absolute atomic E-state index is 14.3. The summed E-state index contributed by atoms with van der Waals surface area (Å²) in [5, 5.41) is 7.81. The van der Waals surface area contributed by atoms with Gasteiger partial charge >= 0.3 is 0 Å². The molecule has 0 aliphatic carbocycles. The molecule has 0 spiro atoms. The Morgan fingerprint density at radius 3 is 2.24 bits per heavy atom. The summed E-state index contributed by atoms with van der Waals surface area (Å²) in [7, 11) is 1.56. The van der Waals surface area contributed by atoms with Crippen molar-refractivity contribution in [1.82, 2.24) is 5.32 Å². The Kier molecular flexibility index (Phi) is 9.90. The third kappa shape index (κ3) is 8.30. The third-order valence-corrected chi connectivity index (χ3v) is 6.98. The molecule has 0 aliphatic heterocycles. The van der Waals surface area contributed by atoms with E-state index in [2.05, 4.69) is 16.0 Å². The zero-order valence-electron chi connectivity index (χ0n) is 22.4. The van der Waals surface area contributed by atoms with Crippen LogP contribution in [0.3, 0.4) is 0 Å². The van der Waals surface area contributed by atoms with Crippen LogP contribution in [0.4, 0.5) is 15.8 Å². The maximum atomic E-state index is 14.3. The molecule has 41 heavy (non-hydrogen) atoms. The first-order valence-electron chi connectivity index (χ1n) is 12.7. The molecular formula is C32H28FN3O4S. The highest BCUT2D eigenvalue weighted by Gasteiger charge is 2.17. The molecule has 0 fully saturated rings. The SMILES string of the molecule is COc1cccc(NC(=O)C(C)Sc2ccc(NC(=O)/C(=C/c3ccccc3F)NC(=O)c3ccccc3)cc2)c1. The molecule has 0 saturated heterocycles. The number of anilines is 2. The molecule has 1 unspecified atom stereocenters. The van der Waals surface area contributed by atoms with Gasteiger partial charge in [-0.15, -0.1) is 11.8 Å². The smallest absolute Gasteiger partial charge is 0.272 e. The Bertz CT molecular complexity index is 1560. The molecule has 4 aromatic carbocycles. The number of methoxy groups -OCH3 is 1. The molecule has 0 radical (unpaired) electrons. The number of rotatable bonds is 10. The van der Waals surface area contributed by atoms with Gasteiger partial charge in [-0.2, -0.15) is 0 Å². The van der Waals surface area contributed by atoms with Gasteiger partial charge in [-0.05, 0) is 67.6 Å². The van der Waals surface area contributed by atoms with Crippen molar-refractivity contribution in [3.05, 3.63) is 126 Å². The van der Waals surface area contributed by atoms with E-state index in [1.165, 1.54) is 36.0 Å². The summed E-state index contributed by atoms with van der Waals surface area (Å²) < 4.78 is 19.5. The predicted octanol–water partition coefficient (Wildman–Crippen LogP) is 6.36. The molecule has 9 heteroatoms. The van der Waals surface area contributed by atoms with Gasteiger partial charge in [-0.1, -0.05) is 42.5 Å². The van der Waals surface area contributed by atoms with Crippen LogP contribution in [0.2, 0.25) is 0 Å². The van der Waals surface area contributed by atoms with Gasteiger partial charge in [0.2, 0.25) is 5.91 Å². The molecule has 0 heterocycles. The molecular weight excluding hydrogens is 541 g/mol. The van der Waals surface area contributed by atoms with Crippen LogP contribution in [0, 0.1) is 5.82 Å². The summed E-state index contributed by atoms with van der Waals surface area (Å²) in [5.41, 5.74) is 1.48. The standard InChI is InChI=1S/C32H28FN3O4S/c1-21(30(37)35-25-12-8-13-26(20-25)40-2)41-27-17-15-24(16-18-27)34-32(39)29(19-23-11-6-7-14-28(23)33)36-31(38)22-9-4-3-5-10-22/h3-21H,1-2H3,(H,34,39)(H,35,37)(H,36,38)/b29-19-. The van der Waals surface area contributed by atoms with Crippen LogP contribution < -0.4 is 20.7 Å². The maximum Gasteiger partial charge on any atom is 0.272 e. The van der Waals surface area contributed by atoms with Crippen LogP contribution in [0.1, 0.15) is 22.8 Å². The highest BCUT2D eigenvalue weighted by Crippen LogP contribution is 2.26. The molecule has 3 amide bonds. The molecule has 3 N–H and O–H groups in total. The second-order valence-corrected chi connectivity index (χ2v) is 10.3. The molecule has 0 aliphatic rings. The lowest BCUT2D eigenvalue weighted by molar-refractivity contribution is -0.115. The van der Waals surface area contributed by atoms with Gasteiger partial charge in [0.25, 0.3) is 11.8 Å². The molecule has 4 rings (SSSR count). The number of carbonyl (C=O) groups excluding carboxylic acids is 3. The Morgan fingerprint density at radius 1 is 0.829 bits per heavy atom. The number of nitrogens with one attached hydrogen (secondary N) is 3. The molecule has 1 atom stereocenters. The van der Waals surface area contributed by atoms with Gasteiger partial charge in [0, 0.05) is 33.5 Å². The fourth-order valence-corrected chi connectivity index (χ4v) is 4.58. The first kappa shape index (κ1) is 29.1. The lowest BCUT2D eigenvalue weighted by Crippen LogP contribution is -2.30. The molecule has 208 valence electrons.